The molecule has 3 rings (SSSR count). The van der Waals surface area contributed by atoms with Crippen molar-refractivity contribution in [3.8, 4) is 0 Å². The van der Waals surface area contributed by atoms with Gasteiger partial charge in [0.1, 0.15) is 0 Å². The van der Waals surface area contributed by atoms with Gasteiger partial charge in [0.25, 0.3) is 0 Å². The number of nitrogen functional groups attached to an aromatic ring is 1. The molecule has 1 aromatic rings. The maximum atomic E-state index is 12.4. The molecule has 2 atom stereocenters. The minimum absolute atomic E-state index is 0.274. The van der Waals surface area contributed by atoms with E-state index in [9.17, 15) is 4.79 Å². The molecule has 0 aromatic heterocycles. The number of benzene rings is 1. The highest BCUT2D eigenvalue weighted by atomic mass is 16.2. The third-order valence-electron chi connectivity index (χ3n) is 4.09. The van der Waals surface area contributed by atoms with Gasteiger partial charge in [0.15, 0.2) is 0 Å². The van der Waals surface area contributed by atoms with Gasteiger partial charge in [-0.25, -0.2) is 0 Å². The molecule has 2 N–H and O–H groups in total. The summed E-state index contributed by atoms with van der Waals surface area (Å²) in [5, 5.41) is 0. The van der Waals surface area contributed by atoms with E-state index in [-0.39, 0.29) is 5.92 Å². The molecule has 96 valence electrons. The molecule has 2 unspecified atom stereocenters. The molecule has 2 aliphatic rings. The van der Waals surface area contributed by atoms with Crippen LogP contribution >= 0.6 is 0 Å². The lowest BCUT2D eigenvalue weighted by Gasteiger charge is -2.23. The molecule has 0 spiro atoms. The molecule has 2 saturated carbocycles. The Balaban J connectivity index is 1.75. The largest absolute Gasteiger partial charge is 0.398 e. The number of nitrogens with two attached hydrogens (primary N) is 1. The number of rotatable bonds is 4. The number of nitrogens with zero attached hydrogens (tertiary/aromatic N) is 1. The van der Waals surface area contributed by atoms with Crippen molar-refractivity contribution in [2.75, 3.05) is 5.73 Å². The minimum atomic E-state index is 0.274. The number of carbonyl (C=O) groups is 1. The Kier molecular flexibility index (Phi) is 2.77. The Bertz CT molecular complexity index is 467. The van der Waals surface area contributed by atoms with Gasteiger partial charge in [-0.1, -0.05) is 25.1 Å². The van der Waals surface area contributed by atoms with Crippen molar-refractivity contribution in [3.05, 3.63) is 29.8 Å². The summed E-state index contributed by atoms with van der Waals surface area (Å²) < 4.78 is 0. The first-order valence-corrected chi connectivity index (χ1v) is 6.80. The lowest BCUT2D eigenvalue weighted by atomic mass is 10.1. The van der Waals surface area contributed by atoms with Gasteiger partial charge in [-0.2, -0.15) is 0 Å². The van der Waals surface area contributed by atoms with Gasteiger partial charge in [-0.15, -0.1) is 0 Å². The minimum Gasteiger partial charge on any atom is -0.398 e. The lowest BCUT2D eigenvalue weighted by molar-refractivity contribution is -0.134. The van der Waals surface area contributed by atoms with E-state index >= 15 is 0 Å². The zero-order valence-corrected chi connectivity index (χ0v) is 10.8. The van der Waals surface area contributed by atoms with Crippen molar-refractivity contribution in [1.29, 1.82) is 0 Å². The Hall–Kier alpha value is -1.51. The van der Waals surface area contributed by atoms with Crippen molar-refractivity contribution < 1.29 is 4.79 Å². The molecular formula is C15H20N2O. The number of anilines is 1. The van der Waals surface area contributed by atoms with E-state index in [2.05, 4.69) is 11.8 Å². The van der Waals surface area contributed by atoms with Crippen LogP contribution in [0.3, 0.4) is 0 Å². The topological polar surface area (TPSA) is 46.3 Å². The molecule has 3 heteroatoms. The summed E-state index contributed by atoms with van der Waals surface area (Å²) in [7, 11) is 0. The number of amides is 1. The van der Waals surface area contributed by atoms with Gasteiger partial charge in [0.2, 0.25) is 5.91 Å². The van der Waals surface area contributed by atoms with Gasteiger partial charge < -0.3 is 10.6 Å². The molecule has 1 amide bonds. The summed E-state index contributed by atoms with van der Waals surface area (Å²) in [5.41, 5.74) is 7.84. The van der Waals surface area contributed by atoms with E-state index in [0.29, 0.717) is 24.4 Å². The van der Waals surface area contributed by atoms with Crippen molar-refractivity contribution in [3.63, 3.8) is 0 Å². The van der Waals surface area contributed by atoms with E-state index in [1.165, 1.54) is 0 Å². The summed E-state index contributed by atoms with van der Waals surface area (Å²) in [5.74, 6) is 1.19. The van der Waals surface area contributed by atoms with Gasteiger partial charge in [-0.3, -0.25) is 4.79 Å². The zero-order valence-electron chi connectivity index (χ0n) is 10.8. The first kappa shape index (κ1) is 11.6. The van der Waals surface area contributed by atoms with Crippen LogP contribution in [0.25, 0.3) is 0 Å². The van der Waals surface area contributed by atoms with E-state index in [1.807, 2.05) is 24.3 Å². The molecule has 3 nitrogen and oxygen atoms in total. The first-order chi connectivity index (χ1) is 8.66. The molecule has 2 fully saturated rings. The van der Waals surface area contributed by atoms with Crippen LogP contribution in [0.15, 0.2) is 24.3 Å². The predicted molar refractivity (Wildman–Crippen MR) is 71.7 cm³/mol. The van der Waals surface area contributed by atoms with E-state index < -0.39 is 0 Å². The monoisotopic (exact) mass is 244 g/mol. The van der Waals surface area contributed by atoms with Crippen molar-refractivity contribution in [1.82, 2.24) is 4.90 Å². The van der Waals surface area contributed by atoms with Crippen LogP contribution in [-0.4, -0.2) is 16.8 Å². The van der Waals surface area contributed by atoms with Gasteiger partial charge in [-0.05, 0) is 36.8 Å². The quantitative estimate of drug-likeness (QED) is 0.827. The van der Waals surface area contributed by atoms with Gasteiger partial charge in [0, 0.05) is 24.2 Å². The van der Waals surface area contributed by atoms with Crippen LogP contribution < -0.4 is 5.73 Å². The van der Waals surface area contributed by atoms with Crippen LogP contribution in [0, 0.1) is 11.8 Å². The van der Waals surface area contributed by atoms with E-state index in [4.69, 9.17) is 5.73 Å². The Morgan fingerprint density at radius 1 is 1.39 bits per heavy atom. The number of carbonyl (C=O) groups excluding carboxylic acids is 1. The van der Waals surface area contributed by atoms with Crippen molar-refractivity contribution in [2.24, 2.45) is 11.8 Å². The Labute approximate surface area is 108 Å². The molecule has 0 saturated heterocycles. The molecule has 0 heterocycles. The molecule has 0 radical (unpaired) electrons. The third kappa shape index (κ3) is 2.22. The Morgan fingerprint density at radius 3 is 2.61 bits per heavy atom. The van der Waals surface area contributed by atoms with Crippen molar-refractivity contribution >= 4 is 11.6 Å². The summed E-state index contributed by atoms with van der Waals surface area (Å²) in [6, 6.07) is 8.32. The van der Waals surface area contributed by atoms with Crippen LogP contribution in [-0.2, 0) is 11.3 Å². The molecular weight excluding hydrogens is 224 g/mol. The Morgan fingerprint density at radius 2 is 2.06 bits per heavy atom. The summed E-state index contributed by atoms with van der Waals surface area (Å²) in [6.45, 7) is 2.84. The SMILES string of the molecule is CC1CC1C(=O)N(Cc1ccccc1N)C1CC1. The summed E-state index contributed by atoms with van der Waals surface area (Å²) in [6.07, 6.45) is 3.37. The molecule has 0 aliphatic heterocycles. The lowest BCUT2D eigenvalue weighted by Crippen LogP contribution is -2.34. The average Bonchev–Trinajstić information content (AvgIpc) is 3.23. The first-order valence-electron chi connectivity index (χ1n) is 6.80. The fourth-order valence-electron chi connectivity index (χ4n) is 2.51. The van der Waals surface area contributed by atoms with Gasteiger partial charge >= 0.3 is 0 Å². The zero-order chi connectivity index (χ0) is 12.7. The second-order valence-corrected chi connectivity index (χ2v) is 5.72. The van der Waals surface area contributed by atoms with E-state index in [0.717, 1.165) is 30.5 Å². The number of hydrogen-bond donors (Lipinski definition) is 1. The highest BCUT2D eigenvalue weighted by Gasteiger charge is 2.45. The fourth-order valence-corrected chi connectivity index (χ4v) is 2.51. The smallest absolute Gasteiger partial charge is 0.226 e. The molecule has 1 aromatic carbocycles. The number of para-hydroxylation sites is 1. The molecule has 2 aliphatic carbocycles. The molecule has 0 bridgehead atoms. The van der Waals surface area contributed by atoms with Crippen LogP contribution in [0.4, 0.5) is 5.69 Å². The number of hydrogen-bond acceptors (Lipinski definition) is 2. The summed E-state index contributed by atoms with van der Waals surface area (Å²) >= 11 is 0. The van der Waals surface area contributed by atoms with Crippen molar-refractivity contribution in [2.45, 2.75) is 38.8 Å². The predicted octanol–water partition coefficient (Wildman–Crippen LogP) is 2.42. The third-order valence-corrected chi connectivity index (χ3v) is 4.09. The van der Waals surface area contributed by atoms with Gasteiger partial charge in [0.05, 0.1) is 0 Å². The second kappa shape index (κ2) is 4.30. The van der Waals surface area contributed by atoms with Crippen LogP contribution in [0.5, 0.6) is 0 Å². The van der Waals surface area contributed by atoms with E-state index in [1.54, 1.807) is 0 Å². The molecule has 18 heavy (non-hydrogen) atoms. The van der Waals surface area contributed by atoms with Crippen LogP contribution in [0.1, 0.15) is 31.7 Å². The highest BCUT2D eigenvalue weighted by Crippen LogP contribution is 2.42. The highest BCUT2D eigenvalue weighted by molar-refractivity contribution is 5.82. The fraction of sp³-hybridized carbons (Fsp3) is 0.533. The summed E-state index contributed by atoms with van der Waals surface area (Å²) in [4.78, 5) is 14.5. The maximum absolute atomic E-state index is 12.4. The standard InChI is InChI=1S/C15H20N2O/c1-10-8-13(10)15(18)17(12-6-7-12)9-11-4-2-3-5-14(11)16/h2-5,10,12-13H,6-9,16H2,1H3. The van der Waals surface area contributed by atoms with Crippen LogP contribution in [0.2, 0.25) is 0 Å². The maximum Gasteiger partial charge on any atom is 0.226 e. The second-order valence-electron chi connectivity index (χ2n) is 5.72. The normalized spacial score (nSPS) is 25.8. The average molecular weight is 244 g/mol.